The first kappa shape index (κ1) is 18.0. The minimum atomic E-state index is 0.0171. The molecule has 0 fully saturated rings. The predicted octanol–water partition coefficient (Wildman–Crippen LogP) is 3.46. The van der Waals surface area contributed by atoms with E-state index >= 15 is 0 Å². The summed E-state index contributed by atoms with van der Waals surface area (Å²) in [7, 11) is 1.85. The van der Waals surface area contributed by atoms with Crippen LogP contribution in [0.4, 0.5) is 0 Å². The fourth-order valence-electron chi connectivity index (χ4n) is 2.49. The molecule has 1 aromatic carbocycles. The van der Waals surface area contributed by atoms with Gasteiger partial charge in [-0.1, -0.05) is 19.0 Å². The van der Waals surface area contributed by atoms with E-state index in [1.807, 2.05) is 7.05 Å². The molecule has 0 unspecified atom stereocenters. The molecule has 1 heterocycles. The third-order valence-corrected chi connectivity index (χ3v) is 3.83. The van der Waals surface area contributed by atoms with Gasteiger partial charge in [-0.25, -0.2) is 0 Å². The standard InChI is InChI=1S/C18H25N3O3/c1-12(2)10-13(3)21(5)18(22)15-6-8-16(9-7-15)23-11-17-19-14(4)24-20-17/h6-9,12-13H,10-11H2,1-5H3/t13-/m0/s1. The van der Waals surface area contributed by atoms with Crippen molar-refractivity contribution in [2.45, 2.75) is 46.8 Å². The molecule has 0 saturated heterocycles. The molecule has 1 aromatic heterocycles. The molecule has 2 rings (SSSR count). The first-order valence-corrected chi connectivity index (χ1v) is 8.16. The summed E-state index contributed by atoms with van der Waals surface area (Å²) < 4.78 is 10.5. The summed E-state index contributed by atoms with van der Waals surface area (Å²) >= 11 is 0. The maximum atomic E-state index is 12.5. The van der Waals surface area contributed by atoms with E-state index < -0.39 is 0 Å². The Bertz CT molecular complexity index is 664. The lowest BCUT2D eigenvalue weighted by atomic mass is 10.0. The van der Waals surface area contributed by atoms with Crippen LogP contribution in [0.25, 0.3) is 0 Å². The van der Waals surface area contributed by atoms with Crippen molar-refractivity contribution in [1.82, 2.24) is 15.0 Å². The molecular formula is C18H25N3O3. The summed E-state index contributed by atoms with van der Waals surface area (Å²) in [6.07, 6.45) is 0.980. The van der Waals surface area contributed by atoms with Crippen LogP contribution in [-0.4, -0.2) is 34.0 Å². The number of hydrogen-bond acceptors (Lipinski definition) is 5. The van der Waals surface area contributed by atoms with Crippen molar-refractivity contribution >= 4 is 5.91 Å². The summed E-state index contributed by atoms with van der Waals surface area (Å²) in [6.45, 7) is 8.35. The van der Waals surface area contributed by atoms with Crippen molar-refractivity contribution in [3.8, 4) is 5.75 Å². The van der Waals surface area contributed by atoms with Gasteiger partial charge in [-0.3, -0.25) is 4.79 Å². The van der Waals surface area contributed by atoms with Gasteiger partial charge in [-0.2, -0.15) is 4.98 Å². The summed E-state index contributed by atoms with van der Waals surface area (Å²) in [4.78, 5) is 18.4. The number of carbonyl (C=O) groups is 1. The third-order valence-electron chi connectivity index (χ3n) is 3.83. The minimum Gasteiger partial charge on any atom is -0.485 e. The van der Waals surface area contributed by atoms with Crippen molar-refractivity contribution in [2.75, 3.05) is 7.05 Å². The van der Waals surface area contributed by atoms with E-state index in [9.17, 15) is 4.79 Å². The Morgan fingerprint density at radius 3 is 2.46 bits per heavy atom. The van der Waals surface area contributed by atoms with E-state index in [-0.39, 0.29) is 18.6 Å². The van der Waals surface area contributed by atoms with Crippen molar-refractivity contribution in [2.24, 2.45) is 5.92 Å². The Kier molecular flexibility index (Phi) is 5.95. The average molecular weight is 331 g/mol. The van der Waals surface area contributed by atoms with Gasteiger partial charge in [0.15, 0.2) is 6.61 Å². The number of benzene rings is 1. The molecule has 0 aliphatic rings. The summed E-state index contributed by atoms with van der Waals surface area (Å²) in [5.41, 5.74) is 0.649. The smallest absolute Gasteiger partial charge is 0.253 e. The Hall–Kier alpha value is -2.37. The van der Waals surface area contributed by atoms with E-state index in [0.29, 0.717) is 28.9 Å². The van der Waals surface area contributed by atoms with E-state index in [1.165, 1.54) is 0 Å². The topological polar surface area (TPSA) is 68.5 Å². The molecule has 6 heteroatoms. The van der Waals surface area contributed by atoms with Gasteiger partial charge >= 0.3 is 0 Å². The van der Waals surface area contributed by atoms with Crippen LogP contribution < -0.4 is 4.74 Å². The first-order chi connectivity index (χ1) is 11.4. The van der Waals surface area contributed by atoms with Gasteiger partial charge in [0.2, 0.25) is 11.7 Å². The normalized spacial score (nSPS) is 12.2. The van der Waals surface area contributed by atoms with E-state index in [1.54, 1.807) is 36.1 Å². The molecule has 0 saturated carbocycles. The largest absolute Gasteiger partial charge is 0.485 e. The van der Waals surface area contributed by atoms with Crippen LogP contribution in [-0.2, 0) is 6.61 Å². The molecular weight excluding hydrogens is 306 g/mol. The van der Waals surface area contributed by atoms with Crippen molar-refractivity contribution in [1.29, 1.82) is 0 Å². The van der Waals surface area contributed by atoms with Gasteiger partial charge in [0.25, 0.3) is 5.91 Å². The molecule has 2 aromatic rings. The van der Waals surface area contributed by atoms with Crippen LogP contribution in [0.5, 0.6) is 5.75 Å². The number of ether oxygens (including phenoxy) is 1. The number of rotatable bonds is 7. The SMILES string of the molecule is Cc1nc(COc2ccc(C(=O)N(C)[C@@H](C)CC(C)C)cc2)no1. The molecule has 0 N–H and O–H groups in total. The Balaban J connectivity index is 1.94. The lowest BCUT2D eigenvalue weighted by Crippen LogP contribution is -2.35. The van der Waals surface area contributed by atoms with E-state index in [4.69, 9.17) is 9.26 Å². The summed E-state index contributed by atoms with van der Waals surface area (Å²) in [5, 5.41) is 3.77. The van der Waals surface area contributed by atoms with Crippen molar-refractivity contribution < 1.29 is 14.1 Å². The predicted molar refractivity (Wildman–Crippen MR) is 90.8 cm³/mol. The molecule has 1 amide bonds. The van der Waals surface area contributed by atoms with Crippen LogP contribution in [0, 0.1) is 12.8 Å². The first-order valence-electron chi connectivity index (χ1n) is 8.16. The average Bonchev–Trinajstić information content (AvgIpc) is 2.97. The van der Waals surface area contributed by atoms with E-state index in [2.05, 4.69) is 30.9 Å². The van der Waals surface area contributed by atoms with Crippen molar-refractivity contribution in [3.05, 3.63) is 41.5 Å². The quantitative estimate of drug-likeness (QED) is 0.777. The second-order valence-electron chi connectivity index (χ2n) is 6.44. The van der Waals surface area contributed by atoms with Gasteiger partial charge in [0.1, 0.15) is 5.75 Å². The zero-order chi connectivity index (χ0) is 17.7. The highest BCUT2D eigenvalue weighted by molar-refractivity contribution is 5.94. The van der Waals surface area contributed by atoms with Gasteiger partial charge in [-0.15, -0.1) is 0 Å². The maximum absolute atomic E-state index is 12.5. The monoisotopic (exact) mass is 331 g/mol. The number of hydrogen-bond donors (Lipinski definition) is 0. The Labute approximate surface area is 142 Å². The number of nitrogens with zero attached hydrogens (tertiary/aromatic N) is 3. The lowest BCUT2D eigenvalue weighted by Gasteiger charge is -2.26. The Morgan fingerprint density at radius 1 is 1.25 bits per heavy atom. The van der Waals surface area contributed by atoms with Gasteiger partial charge in [0.05, 0.1) is 0 Å². The molecule has 130 valence electrons. The fraction of sp³-hybridized carbons (Fsp3) is 0.500. The molecule has 0 aliphatic heterocycles. The third kappa shape index (κ3) is 4.81. The lowest BCUT2D eigenvalue weighted by molar-refractivity contribution is 0.0728. The van der Waals surface area contributed by atoms with Gasteiger partial charge < -0.3 is 14.2 Å². The fourth-order valence-corrected chi connectivity index (χ4v) is 2.49. The summed E-state index contributed by atoms with van der Waals surface area (Å²) in [5.74, 6) is 2.23. The van der Waals surface area contributed by atoms with Crippen LogP contribution in [0.2, 0.25) is 0 Å². The number of amides is 1. The highest BCUT2D eigenvalue weighted by Crippen LogP contribution is 2.17. The molecule has 0 radical (unpaired) electrons. The van der Waals surface area contributed by atoms with Crippen LogP contribution in [0.1, 0.15) is 49.3 Å². The zero-order valence-corrected chi connectivity index (χ0v) is 14.9. The zero-order valence-electron chi connectivity index (χ0n) is 14.9. The van der Waals surface area contributed by atoms with Crippen LogP contribution >= 0.6 is 0 Å². The van der Waals surface area contributed by atoms with Gasteiger partial charge in [-0.05, 0) is 43.5 Å². The highest BCUT2D eigenvalue weighted by Gasteiger charge is 2.18. The highest BCUT2D eigenvalue weighted by atomic mass is 16.5. The van der Waals surface area contributed by atoms with Crippen LogP contribution in [0.15, 0.2) is 28.8 Å². The number of carbonyl (C=O) groups excluding carboxylic acids is 1. The van der Waals surface area contributed by atoms with Crippen LogP contribution in [0.3, 0.4) is 0 Å². The van der Waals surface area contributed by atoms with Crippen molar-refractivity contribution in [3.63, 3.8) is 0 Å². The number of aryl methyl sites for hydroxylation is 1. The molecule has 1 atom stereocenters. The number of aromatic nitrogens is 2. The minimum absolute atomic E-state index is 0.0171. The molecule has 0 aliphatic carbocycles. The van der Waals surface area contributed by atoms with Gasteiger partial charge in [0, 0.05) is 25.6 Å². The summed E-state index contributed by atoms with van der Waals surface area (Å²) in [6, 6.07) is 7.31. The molecule has 24 heavy (non-hydrogen) atoms. The second kappa shape index (κ2) is 7.95. The maximum Gasteiger partial charge on any atom is 0.253 e. The molecule has 6 nitrogen and oxygen atoms in total. The molecule has 0 spiro atoms. The molecule has 0 bridgehead atoms. The van der Waals surface area contributed by atoms with E-state index in [0.717, 1.165) is 6.42 Å². The second-order valence-corrected chi connectivity index (χ2v) is 6.44. The Morgan fingerprint density at radius 2 is 1.92 bits per heavy atom.